The van der Waals surface area contributed by atoms with Crippen LogP contribution >= 0.6 is 0 Å². The summed E-state index contributed by atoms with van der Waals surface area (Å²) >= 11 is 0. The highest BCUT2D eigenvalue weighted by Crippen LogP contribution is 2.15. The third-order valence-corrected chi connectivity index (χ3v) is 3.13. The summed E-state index contributed by atoms with van der Waals surface area (Å²) in [6.07, 6.45) is 2.39. The average Bonchev–Trinajstić information content (AvgIpc) is 2.48. The third kappa shape index (κ3) is 3.95. The minimum absolute atomic E-state index is 0.204. The van der Waals surface area contributed by atoms with E-state index in [1.807, 2.05) is 0 Å². The lowest BCUT2D eigenvalue weighted by molar-refractivity contribution is 0.325. The molecule has 1 heterocycles. The summed E-state index contributed by atoms with van der Waals surface area (Å²) in [6, 6.07) is 0. The maximum atomic E-state index is 5.57. The number of rotatable bonds is 5. The lowest BCUT2D eigenvalue weighted by atomic mass is 9.99. The maximum absolute atomic E-state index is 5.57. The molecule has 0 aromatic heterocycles. The molecule has 0 spiro atoms. The van der Waals surface area contributed by atoms with Gasteiger partial charge in [0.1, 0.15) is 0 Å². The fourth-order valence-corrected chi connectivity index (χ4v) is 2.06. The first kappa shape index (κ1) is 12.0. The third-order valence-electron chi connectivity index (χ3n) is 3.13. The predicted molar refractivity (Wildman–Crippen MR) is 61.4 cm³/mol. The van der Waals surface area contributed by atoms with E-state index >= 15 is 0 Å². The fraction of sp³-hybridized carbons (Fsp3) is 1.00. The zero-order chi connectivity index (χ0) is 10.6. The molecule has 1 unspecified atom stereocenters. The zero-order valence-corrected chi connectivity index (χ0v) is 9.84. The van der Waals surface area contributed by atoms with Crippen LogP contribution in [-0.2, 0) is 0 Å². The molecule has 3 N–H and O–H groups in total. The molecule has 1 rings (SSSR count). The highest BCUT2D eigenvalue weighted by atomic mass is 15.1. The zero-order valence-electron chi connectivity index (χ0n) is 9.84. The second-order valence-electron chi connectivity index (χ2n) is 5.22. The molecule has 84 valence electrons. The minimum Gasteiger partial charge on any atom is -0.330 e. The van der Waals surface area contributed by atoms with Crippen molar-refractivity contribution >= 4 is 0 Å². The van der Waals surface area contributed by atoms with E-state index in [1.165, 1.54) is 19.5 Å². The molecular weight excluding hydrogens is 174 g/mol. The molecule has 0 amide bonds. The van der Waals surface area contributed by atoms with Gasteiger partial charge in [0.15, 0.2) is 0 Å². The summed E-state index contributed by atoms with van der Waals surface area (Å²) in [7, 11) is 2.20. The van der Waals surface area contributed by atoms with Crippen LogP contribution in [0.4, 0.5) is 0 Å². The average molecular weight is 199 g/mol. The Labute approximate surface area is 88.0 Å². The Morgan fingerprint density at radius 3 is 2.71 bits per heavy atom. The van der Waals surface area contributed by atoms with Crippen molar-refractivity contribution in [2.45, 2.75) is 32.2 Å². The van der Waals surface area contributed by atoms with Gasteiger partial charge in [0.2, 0.25) is 0 Å². The van der Waals surface area contributed by atoms with Gasteiger partial charge in [0.05, 0.1) is 0 Å². The van der Waals surface area contributed by atoms with Crippen molar-refractivity contribution in [3.63, 3.8) is 0 Å². The van der Waals surface area contributed by atoms with Crippen LogP contribution in [0.25, 0.3) is 0 Å². The van der Waals surface area contributed by atoms with Gasteiger partial charge >= 0.3 is 0 Å². The van der Waals surface area contributed by atoms with Crippen LogP contribution in [0.1, 0.15) is 26.7 Å². The summed E-state index contributed by atoms with van der Waals surface area (Å²) in [5, 5.41) is 3.62. The molecule has 0 aromatic rings. The lowest BCUT2D eigenvalue weighted by Crippen LogP contribution is -2.43. The first-order valence-corrected chi connectivity index (χ1v) is 5.67. The van der Waals surface area contributed by atoms with Crippen molar-refractivity contribution in [1.29, 1.82) is 0 Å². The van der Waals surface area contributed by atoms with Crippen molar-refractivity contribution in [2.24, 2.45) is 11.7 Å². The monoisotopic (exact) mass is 199 g/mol. The Morgan fingerprint density at radius 1 is 1.50 bits per heavy atom. The first-order valence-electron chi connectivity index (χ1n) is 5.67. The van der Waals surface area contributed by atoms with Crippen molar-refractivity contribution in [1.82, 2.24) is 10.2 Å². The van der Waals surface area contributed by atoms with Crippen molar-refractivity contribution in [3.8, 4) is 0 Å². The Hall–Kier alpha value is -0.120. The first-order chi connectivity index (χ1) is 6.53. The predicted octanol–water partition coefficient (Wildman–Crippen LogP) is 0.655. The molecule has 0 aromatic carbocycles. The molecule has 0 aliphatic carbocycles. The second-order valence-corrected chi connectivity index (χ2v) is 5.22. The summed E-state index contributed by atoms with van der Waals surface area (Å²) in [5.41, 5.74) is 5.78. The van der Waals surface area contributed by atoms with Crippen molar-refractivity contribution in [2.75, 3.05) is 33.2 Å². The van der Waals surface area contributed by atoms with E-state index in [9.17, 15) is 0 Å². The van der Waals surface area contributed by atoms with Crippen LogP contribution in [0, 0.1) is 5.92 Å². The van der Waals surface area contributed by atoms with E-state index in [2.05, 4.69) is 31.1 Å². The van der Waals surface area contributed by atoms with E-state index in [-0.39, 0.29) is 5.54 Å². The number of nitrogens with one attached hydrogen (secondary N) is 1. The normalized spacial score (nSPS) is 24.4. The minimum atomic E-state index is 0.204. The van der Waals surface area contributed by atoms with Gasteiger partial charge in [-0.2, -0.15) is 0 Å². The van der Waals surface area contributed by atoms with Crippen molar-refractivity contribution in [3.05, 3.63) is 0 Å². The smallest absolute Gasteiger partial charge is 0.0137 e. The molecule has 1 fully saturated rings. The lowest BCUT2D eigenvalue weighted by Gasteiger charge is -2.27. The summed E-state index contributed by atoms with van der Waals surface area (Å²) in [5.74, 6) is 0.831. The van der Waals surface area contributed by atoms with Crippen LogP contribution in [-0.4, -0.2) is 43.7 Å². The molecule has 1 atom stereocenters. The highest BCUT2D eigenvalue weighted by Gasteiger charge is 2.22. The van der Waals surface area contributed by atoms with Gasteiger partial charge in [0, 0.05) is 12.1 Å². The van der Waals surface area contributed by atoms with Gasteiger partial charge in [-0.1, -0.05) is 0 Å². The Balaban J connectivity index is 2.19. The van der Waals surface area contributed by atoms with Gasteiger partial charge in [-0.05, 0) is 59.3 Å². The van der Waals surface area contributed by atoms with E-state index in [0.29, 0.717) is 0 Å². The maximum Gasteiger partial charge on any atom is 0.0137 e. The fourth-order valence-electron chi connectivity index (χ4n) is 2.06. The van der Waals surface area contributed by atoms with Gasteiger partial charge in [-0.25, -0.2) is 0 Å². The molecule has 3 nitrogen and oxygen atoms in total. The SMILES string of the molecule is CN1CCC(CNC(C)(C)CCN)C1. The summed E-state index contributed by atoms with van der Waals surface area (Å²) in [4.78, 5) is 2.41. The molecule has 1 aliphatic heterocycles. The molecular formula is C11H25N3. The molecule has 0 bridgehead atoms. The molecule has 3 heteroatoms. The number of hydrogen-bond acceptors (Lipinski definition) is 3. The molecule has 1 aliphatic rings. The standard InChI is InChI=1S/C11H25N3/c1-11(2,5-6-12)13-8-10-4-7-14(3)9-10/h10,13H,4-9,12H2,1-3H3. The van der Waals surface area contributed by atoms with Crippen LogP contribution in [0.3, 0.4) is 0 Å². The number of nitrogens with two attached hydrogens (primary N) is 1. The quantitative estimate of drug-likeness (QED) is 0.683. The van der Waals surface area contributed by atoms with Crippen molar-refractivity contribution < 1.29 is 0 Å². The topological polar surface area (TPSA) is 41.3 Å². The number of nitrogens with zero attached hydrogens (tertiary/aromatic N) is 1. The number of hydrogen-bond donors (Lipinski definition) is 2. The van der Waals surface area contributed by atoms with Crippen LogP contribution < -0.4 is 11.1 Å². The molecule has 0 radical (unpaired) electrons. The summed E-state index contributed by atoms with van der Waals surface area (Å²) < 4.78 is 0. The Morgan fingerprint density at radius 2 is 2.21 bits per heavy atom. The van der Waals surface area contributed by atoms with Gasteiger partial charge in [-0.3, -0.25) is 0 Å². The van der Waals surface area contributed by atoms with Gasteiger partial charge in [-0.15, -0.1) is 0 Å². The van der Waals surface area contributed by atoms with Gasteiger partial charge < -0.3 is 16.0 Å². The Bertz CT molecular complexity index is 168. The van der Waals surface area contributed by atoms with Gasteiger partial charge in [0.25, 0.3) is 0 Å². The van der Waals surface area contributed by atoms with E-state index in [4.69, 9.17) is 5.73 Å². The summed E-state index contributed by atoms with van der Waals surface area (Å²) in [6.45, 7) is 8.87. The van der Waals surface area contributed by atoms with E-state index < -0.39 is 0 Å². The largest absolute Gasteiger partial charge is 0.330 e. The Kier molecular flexibility index (Phi) is 4.35. The molecule has 1 saturated heterocycles. The highest BCUT2D eigenvalue weighted by molar-refractivity contribution is 4.82. The second kappa shape index (κ2) is 5.10. The molecule has 0 saturated carbocycles. The van der Waals surface area contributed by atoms with E-state index in [1.54, 1.807) is 0 Å². The van der Waals surface area contributed by atoms with Crippen LogP contribution in [0.2, 0.25) is 0 Å². The van der Waals surface area contributed by atoms with Crippen LogP contribution in [0.5, 0.6) is 0 Å². The number of likely N-dealkylation sites (tertiary alicyclic amines) is 1. The molecule has 14 heavy (non-hydrogen) atoms. The van der Waals surface area contributed by atoms with E-state index in [0.717, 1.165) is 25.4 Å². The van der Waals surface area contributed by atoms with Crippen LogP contribution in [0.15, 0.2) is 0 Å².